The average molecular weight is 236 g/mol. The molecule has 1 fully saturated rings. The number of hydrazine groups is 1. The van der Waals surface area contributed by atoms with Gasteiger partial charge in [0.15, 0.2) is 0 Å². The van der Waals surface area contributed by atoms with Crippen LogP contribution in [0.1, 0.15) is 22.3 Å². The van der Waals surface area contributed by atoms with Gasteiger partial charge in [-0.05, 0) is 24.1 Å². The second kappa shape index (κ2) is 5.77. The first-order valence-corrected chi connectivity index (χ1v) is 5.59. The SMILES string of the molecule is NNC(=O)c1ccc(COC2CCOC2)cc1. The Morgan fingerprint density at radius 2 is 2.24 bits per heavy atom. The Morgan fingerprint density at radius 1 is 1.47 bits per heavy atom. The van der Waals surface area contributed by atoms with E-state index in [9.17, 15) is 4.79 Å². The van der Waals surface area contributed by atoms with Crippen LogP contribution in [0.3, 0.4) is 0 Å². The summed E-state index contributed by atoms with van der Waals surface area (Å²) >= 11 is 0. The largest absolute Gasteiger partial charge is 0.379 e. The summed E-state index contributed by atoms with van der Waals surface area (Å²) < 4.78 is 10.9. The molecule has 1 aromatic carbocycles. The number of carbonyl (C=O) groups excluding carboxylic acids is 1. The van der Waals surface area contributed by atoms with Crippen molar-refractivity contribution >= 4 is 5.91 Å². The van der Waals surface area contributed by atoms with Crippen LogP contribution in [-0.2, 0) is 16.1 Å². The summed E-state index contributed by atoms with van der Waals surface area (Å²) in [6, 6.07) is 7.18. The molecule has 1 amide bonds. The minimum Gasteiger partial charge on any atom is -0.379 e. The molecule has 1 unspecified atom stereocenters. The zero-order chi connectivity index (χ0) is 12.1. The van der Waals surface area contributed by atoms with E-state index in [1.165, 1.54) is 0 Å². The highest BCUT2D eigenvalue weighted by atomic mass is 16.5. The van der Waals surface area contributed by atoms with E-state index in [2.05, 4.69) is 5.43 Å². The second-order valence-corrected chi connectivity index (χ2v) is 3.97. The van der Waals surface area contributed by atoms with Crippen molar-refractivity contribution in [3.05, 3.63) is 35.4 Å². The zero-order valence-electron chi connectivity index (χ0n) is 9.52. The van der Waals surface area contributed by atoms with Crippen LogP contribution in [0.2, 0.25) is 0 Å². The number of benzene rings is 1. The van der Waals surface area contributed by atoms with Gasteiger partial charge in [-0.15, -0.1) is 0 Å². The normalized spacial score (nSPS) is 19.2. The van der Waals surface area contributed by atoms with Gasteiger partial charge < -0.3 is 9.47 Å². The van der Waals surface area contributed by atoms with Crippen LogP contribution in [-0.4, -0.2) is 25.2 Å². The second-order valence-electron chi connectivity index (χ2n) is 3.97. The summed E-state index contributed by atoms with van der Waals surface area (Å²) in [6.07, 6.45) is 1.15. The lowest BCUT2D eigenvalue weighted by Crippen LogP contribution is -2.29. The lowest BCUT2D eigenvalue weighted by atomic mass is 10.1. The van der Waals surface area contributed by atoms with E-state index in [0.29, 0.717) is 18.8 Å². The van der Waals surface area contributed by atoms with E-state index < -0.39 is 0 Å². The fourth-order valence-corrected chi connectivity index (χ4v) is 1.69. The Hall–Kier alpha value is -1.43. The molecule has 1 aliphatic heterocycles. The van der Waals surface area contributed by atoms with Gasteiger partial charge in [-0.1, -0.05) is 12.1 Å². The fourth-order valence-electron chi connectivity index (χ4n) is 1.69. The number of ether oxygens (including phenoxy) is 2. The summed E-state index contributed by atoms with van der Waals surface area (Å²) in [5, 5.41) is 0. The summed E-state index contributed by atoms with van der Waals surface area (Å²) in [5.74, 6) is 4.76. The predicted molar refractivity (Wildman–Crippen MR) is 62.1 cm³/mol. The highest BCUT2D eigenvalue weighted by molar-refractivity contribution is 5.93. The Labute approximate surface area is 99.9 Å². The maximum atomic E-state index is 11.2. The van der Waals surface area contributed by atoms with Crippen molar-refractivity contribution in [2.75, 3.05) is 13.2 Å². The molecule has 0 saturated carbocycles. The monoisotopic (exact) mass is 236 g/mol. The molecule has 17 heavy (non-hydrogen) atoms. The third kappa shape index (κ3) is 3.26. The first-order chi connectivity index (χ1) is 8.29. The zero-order valence-corrected chi connectivity index (χ0v) is 9.52. The van der Waals surface area contributed by atoms with Gasteiger partial charge in [-0.2, -0.15) is 0 Å². The standard InChI is InChI=1S/C12H16N2O3/c13-14-12(15)10-3-1-9(2-4-10)7-17-11-5-6-16-8-11/h1-4,11H,5-8,13H2,(H,14,15). The van der Waals surface area contributed by atoms with Crippen LogP contribution in [0.4, 0.5) is 0 Å². The molecule has 1 heterocycles. The van der Waals surface area contributed by atoms with E-state index in [1.807, 2.05) is 12.1 Å². The predicted octanol–water partition coefficient (Wildman–Crippen LogP) is 0.596. The lowest BCUT2D eigenvalue weighted by Gasteiger charge is -2.09. The van der Waals surface area contributed by atoms with E-state index >= 15 is 0 Å². The van der Waals surface area contributed by atoms with Gasteiger partial charge in [-0.3, -0.25) is 10.2 Å². The lowest BCUT2D eigenvalue weighted by molar-refractivity contribution is 0.0317. The first-order valence-electron chi connectivity index (χ1n) is 5.59. The van der Waals surface area contributed by atoms with Crippen molar-refractivity contribution in [2.45, 2.75) is 19.1 Å². The van der Waals surface area contributed by atoms with Gasteiger partial charge in [0.05, 0.1) is 19.3 Å². The van der Waals surface area contributed by atoms with Gasteiger partial charge in [0.2, 0.25) is 0 Å². The number of nitrogens with one attached hydrogen (secondary N) is 1. The average Bonchev–Trinajstić information content (AvgIpc) is 2.89. The van der Waals surface area contributed by atoms with Gasteiger partial charge in [0.1, 0.15) is 0 Å². The van der Waals surface area contributed by atoms with Gasteiger partial charge in [-0.25, -0.2) is 5.84 Å². The molecule has 2 rings (SSSR count). The Morgan fingerprint density at radius 3 is 2.82 bits per heavy atom. The topological polar surface area (TPSA) is 73.6 Å². The van der Waals surface area contributed by atoms with Crippen molar-refractivity contribution in [1.82, 2.24) is 5.43 Å². The Bertz CT molecular complexity index is 372. The molecule has 92 valence electrons. The highest BCUT2D eigenvalue weighted by Crippen LogP contribution is 2.12. The first kappa shape index (κ1) is 12.0. The quantitative estimate of drug-likeness (QED) is 0.456. The molecule has 0 aliphatic carbocycles. The molecule has 5 heteroatoms. The summed E-state index contributed by atoms with van der Waals surface area (Å²) in [5.41, 5.74) is 3.67. The minimum atomic E-state index is -0.290. The van der Waals surface area contributed by atoms with Crippen LogP contribution >= 0.6 is 0 Å². The van der Waals surface area contributed by atoms with Gasteiger partial charge >= 0.3 is 0 Å². The van der Waals surface area contributed by atoms with Crippen molar-refractivity contribution < 1.29 is 14.3 Å². The van der Waals surface area contributed by atoms with Gasteiger partial charge in [0.25, 0.3) is 5.91 Å². The van der Waals surface area contributed by atoms with Crippen LogP contribution < -0.4 is 11.3 Å². The van der Waals surface area contributed by atoms with Crippen molar-refractivity contribution in [2.24, 2.45) is 5.84 Å². The number of nitrogens with two attached hydrogens (primary N) is 1. The summed E-state index contributed by atoms with van der Waals surface area (Å²) in [6.45, 7) is 1.99. The molecule has 1 aliphatic rings. The molecule has 3 N–H and O–H groups in total. The molecule has 1 aromatic rings. The number of carbonyl (C=O) groups is 1. The Balaban J connectivity index is 1.87. The molecule has 0 bridgehead atoms. The Kier molecular flexibility index (Phi) is 4.08. The fraction of sp³-hybridized carbons (Fsp3) is 0.417. The summed E-state index contributed by atoms with van der Waals surface area (Å²) in [4.78, 5) is 11.2. The van der Waals surface area contributed by atoms with E-state index in [1.54, 1.807) is 12.1 Å². The van der Waals surface area contributed by atoms with Crippen LogP contribution in [0.5, 0.6) is 0 Å². The third-order valence-corrected chi connectivity index (χ3v) is 2.72. The maximum absolute atomic E-state index is 11.2. The maximum Gasteiger partial charge on any atom is 0.265 e. The molecule has 0 spiro atoms. The molecule has 0 radical (unpaired) electrons. The molecule has 5 nitrogen and oxygen atoms in total. The van der Waals surface area contributed by atoms with Gasteiger partial charge in [0, 0.05) is 12.2 Å². The number of hydrogen-bond donors (Lipinski definition) is 2. The highest BCUT2D eigenvalue weighted by Gasteiger charge is 2.15. The van der Waals surface area contributed by atoms with Crippen molar-refractivity contribution in [1.29, 1.82) is 0 Å². The third-order valence-electron chi connectivity index (χ3n) is 2.72. The van der Waals surface area contributed by atoms with Crippen LogP contribution in [0.15, 0.2) is 24.3 Å². The minimum absolute atomic E-state index is 0.196. The number of nitrogen functional groups attached to an aromatic ring is 1. The number of rotatable bonds is 4. The molecule has 0 aromatic heterocycles. The molecular weight excluding hydrogens is 220 g/mol. The molecular formula is C12H16N2O3. The van der Waals surface area contributed by atoms with Crippen LogP contribution in [0.25, 0.3) is 0 Å². The summed E-state index contributed by atoms with van der Waals surface area (Å²) in [7, 11) is 0. The smallest absolute Gasteiger partial charge is 0.265 e. The molecule has 1 saturated heterocycles. The van der Waals surface area contributed by atoms with Crippen LogP contribution in [0, 0.1) is 0 Å². The number of amides is 1. The molecule has 1 atom stereocenters. The number of hydrogen-bond acceptors (Lipinski definition) is 4. The van der Waals surface area contributed by atoms with E-state index in [-0.39, 0.29) is 12.0 Å². The van der Waals surface area contributed by atoms with Crippen molar-refractivity contribution in [3.63, 3.8) is 0 Å². The van der Waals surface area contributed by atoms with E-state index in [0.717, 1.165) is 18.6 Å². The van der Waals surface area contributed by atoms with E-state index in [4.69, 9.17) is 15.3 Å². The van der Waals surface area contributed by atoms with Crippen molar-refractivity contribution in [3.8, 4) is 0 Å².